The smallest absolute Gasteiger partial charge is 0.152 e. The van der Waals surface area contributed by atoms with Crippen LogP contribution in [0.5, 0.6) is 5.75 Å². The number of methoxy groups -OCH3 is 1. The monoisotopic (exact) mass is 548 g/mol. The van der Waals surface area contributed by atoms with E-state index in [9.17, 15) is 18.3 Å². The van der Waals surface area contributed by atoms with Crippen LogP contribution in [0.1, 0.15) is 37.4 Å². The number of anilines is 2. The summed E-state index contributed by atoms with van der Waals surface area (Å²) in [7, 11) is 5.29. The lowest BCUT2D eigenvalue weighted by Crippen LogP contribution is -2.43. The Bertz CT molecular complexity index is 1260. The molecule has 6 nitrogen and oxygen atoms in total. The molecule has 0 aliphatic carbocycles. The van der Waals surface area contributed by atoms with E-state index in [-0.39, 0.29) is 25.3 Å². The molecule has 10 heteroatoms. The second kappa shape index (κ2) is 12.4. The second-order valence-electron chi connectivity index (χ2n) is 10.5. The Morgan fingerprint density at radius 1 is 1.13 bits per heavy atom. The molecule has 2 heterocycles. The fourth-order valence-corrected chi connectivity index (χ4v) is 5.36. The number of alkyl halides is 1. The summed E-state index contributed by atoms with van der Waals surface area (Å²) in [5.41, 5.74) is 1.23. The van der Waals surface area contributed by atoms with Crippen molar-refractivity contribution in [1.29, 1.82) is 0 Å². The molecule has 4 rings (SSSR count). The SMILES string of the molecule is COc1ccc2ncc(N(C)C)c([C@H](F)CCC3(CO)CCN(CCNc4c(F)cc(F)cc4F)CC3)c2c1. The molecule has 1 aliphatic heterocycles. The number of aliphatic hydroxyl groups excluding tert-OH is 1. The predicted molar refractivity (Wildman–Crippen MR) is 146 cm³/mol. The van der Waals surface area contributed by atoms with Crippen molar-refractivity contribution in [2.75, 3.05) is 64.2 Å². The van der Waals surface area contributed by atoms with E-state index in [1.165, 1.54) is 0 Å². The van der Waals surface area contributed by atoms with Gasteiger partial charge in [0.1, 0.15) is 23.4 Å². The maximum absolute atomic E-state index is 16.0. The Kier molecular flexibility index (Phi) is 9.17. The quantitative estimate of drug-likeness (QED) is 0.300. The van der Waals surface area contributed by atoms with Crippen molar-refractivity contribution in [2.45, 2.75) is 31.9 Å². The van der Waals surface area contributed by atoms with Gasteiger partial charge in [-0.05, 0) is 62.4 Å². The topological polar surface area (TPSA) is 60.9 Å². The van der Waals surface area contributed by atoms with E-state index in [2.05, 4.69) is 15.2 Å². The number of nitrogens with one attached hydrogen (secondary N) is 1. The van der Waals surface area contributed by atoms with E-state index in [0.29, 0.717) is 78.9 Å². The van der Waals surface area contributed by atoms with Crippen LogP contribution in [0.3, 0.4) is 0 Å². The van der Waals surface area contributed by atoms with Crippen molar-refractivity contribution in [2.24, 2.45) is 5.41 Å². The van der Waals surface area contributed by atoms with Crippen molar-refractivity contribution < 1.29 is 27.4 Å². The number of rotatable bonds is 11. The van der Waals surface area contributed by atoms with Crippen LogP contribution in [0.4, 0.5) is 28.9 Å². The van der Waals surface area contributed by atoms with E-state index >= 15 is 4.39 Å². The number of nitrogens with zero attached hydrogens (tertiary/aromatic N) is 3. The zero-order chi connectivity index (χ0) is 28.2. The number of fused-ring (bicyclic) bond motifs is 1. The number of halogens is 4. The predicted octanol–water partition coefficient (Wildman–Crippen LogP) is 5.70. The van der Waals surface area contributed by atoms with Crippen LogP contribution in [-0.2, 0) is 0 Å². The maximum atomic E-state index is 16.0. The lowest BCUT2D eigenvalue weighted by atomic mass is 9.74. The molecular weight excluding hydrogens is 512 g/mol. The minimum Gasteiger partial charge on any atom is -0.497 e. The van der Waals surface area contributed by atoms with Gasteiger partial charge in [0.05, 0.1) is 24.5 Å². The number of piperidine rings is 1. The normalized spacial score (nSPS) is 16.3. The molecule has 3 aromatic rings. The molecule has 1 saturated heterocycles. The van der Waals surface area contributed by atoms with Gasteiger partial charge in [-0.3, -0.25) is 4.98 Å². The Hall–Kier alpha value is -3.11. The van der Waals surface area contributed by atoms with Gasteiger partial charge in [-0.25, -0.2) is 17.6 Å². The lowest BCUT2D eigenvalue weighted by Gasteiger charge is -2.41. The minimum atomic E-state index is -1.26. The third-order valence-corrected chi connectivity index (χ3v) is 7.81. The summed E-state index contributed by atoms with van der Waals surface area (Å²) in [6.07, 6.45) is 2.56. The number of aliphatic hydroxyl groups is 1. The first-order valence-corrected chi connectivity index (χ1v) is 13.2. The van der Waals surface area contributed by atoms with Crippen molar-refractivity contribution in [3.8, 4) is 5.75 Å². The molecule has 212 valence electrons. The lowest BCUT2D eigenvalue weighted by molar-refractivity contribution is 0.0316. The van der Waals surface area contributed by atoms with Crippen LogP contribution in [0.2, 0.25) is 0 Å². The highest BCUT2D eigenvalue weighted by Crippen LogP contribution is 2.42. The van der Waals surface area contributed by atoms with Gasteiger partial charge in [0.25, 0.3) is 0 Å². The molecular formula is C29H36F4N4O2. The van der Waals surface area contributed by atoms with Gasteiger partial charge in [0, 0.05) is 56.9 Å². The van der Waals surface area contributed by atoms with E-state index in [1.54, 1.807) is 19.4 Å². The van der Waals surface area contributed by atoms with Gasteiger partial charge in [-0.2, -0.15) is 0 Å². The van der Waals surface area contributed by atoms with E-state index in [1.807, 2.05) is 31.1 Å². The summed E-state index contributed by atoms with van der Waals surface area (Å²) in [6, 6.07) is 6.73. The Balaban J connectivity index is 1.38. The molecule has 0 bridgehead atoms. The number of aromatic nitrogens is 1. The standard InChI is InChI=1S/C29H36F4N4O2/c1-36(2)26-17-35-25-5-4-20(39-3)16-21(25)27(26)22(31)6-7-29(18-38)8-11-37(12-9-29)13-10-34-28-23(32)14-19(30)15-24(28)33/h4-5,14-17,22,34,38H,6-13,18H2,1-3H3/t22-/m1/s1. The van der Waals surface area contributed by atoms with Crippen LogP contribution in [0, 0.1) is 22.9 Å². The van der Waals surface area contributed by atoms with E-state index in [0.717, 1.165) is 0 Å². The van der Waals surface area contributed by atoms with Crippen molar-refractivity contribution >= 4 is 22.3 Å². The summed E-state index contributed by atoms with van der Waals surface area (Å²) < 4.78 is 62.2. The molecule has 2 aromatic carbocycles. The zero-order valence-corrected chi connectivity index (χ0v) is 22.6. The highest BCUT2D eigenvalue weighted by atomic mass is 19.1. The van der Waals surface area contributed by atoms with Crippen molar-refractivity contribution in [3.05, 3.63) is 59.5 Å². The van der Waals surface area contributed by atoms with Crippen LogP contribution in [0.25, 0.3) is 10.9 Å². The van der Waals surface area contributed by atoms with Crippen molar-refractivity contribution in [1.82, 2.24) is 9.88 Å². The Labute approximate surface area is 226 Å². The van der Waals surface area contributed by atoms with Crippen LogP contribution < -0.4 is 15.0 Å². The average molecular weight is 549 g/mol. The van der Waals surface area contributed by atoms with Crippen LogP contribution in [0.15, 0.2) is 36.5 Å². The van der Waals surface area contributed by atoms with Gasteiger partial charge in [0.2, 0.25) is 0 Å². The molecule has 1 aromatic heterocycles. The van der Waals surface area contributed by atoms with Crippen molar-refractivity contribution in [3.63, 3.8) is 0 Å². The molecule has 39 heavy (non-hydrogen) atoms. The number of hydrogen-bond donors (Lipinski definition) is 2. The first-order valence-electron chi connectivity index (χ1n) is 13.2. The molecule has 0 radical (unpaired) electrons. The Morgan fingerprint density at radius 2 is 1.82 bits per heavy atom. The average Bonchev–Trinajstić information content (AvgIpc) is 2.92. The summed E-state index contributed by atoms with van der Waals surface area (Å²) in [4.78, 5) is 8.49. The number of likely N-dealkylation sites (tertiary alicyclic amines) is 1. The number of ether oxygens (including phenoxy) is 1. The van der Waals surface area contributed by atoms with Crippen LogP contribution in [-0.4, -0.2) is 69.0 Å². The highest BCUT2D eigenvalue weighted by Gasteiger charge is 2.35. The fraction of sp³-hybridized carbons (Fsp3) is 0.483. The number of pyridine rings is 1. The number of hydrogen-bond acceptors (Lipinski definition) is 6. The van der Waals surface area contributed by atoms with E-state index in [4.69, 9.17) is 4.74 Å². The molecule has 2 N–H and O–H groups in total. The summed E-state index contributed by atoms with van der Waals surface area (Å²) in [5.74, 6) is -2.27. The van der Waals surface area contributed by atoms with Gasteiger partial charge in [0.15, 0.2) is 11.6 Å². The van der Waals surface area contributed by atoms with Gasteiger partial charge in [-0.1, -0.05) is 0 Å². The molecule has 1 aliphatic rings. The molecule has 0 spiro atoms. The molecule has 0 unspecified atom stereocenters. The first kappa shape index (κ1) is 28.9. The van der Waals surface area contributed by atoms with E-state index < -0.39 is 29.0 Å². The molecule has 1 atom stereocenters. The third-order valence-electron chi connectivity index (χ3n) is 7.81. The summed E-state index contributed by atoms with van der Waals surface area (Å²) >= 11 is 0. The minimum absolute atomic E-state index is 0.0384. The maximum Gasteiger partial charge on any atom is 0.152 e. The van der Waals surface area contributed by atoms with Gasteiger partial charge < -0.3 is 25.0 Å². The summed E-state index contributed by atoms with van der Waals surface area (Å²) in [5, 5.41) is 13.7. The zero-order valence-electron chi connectivity index (χ0n) is 22.6. The molecule has 0 saturated carbocycles. The van der Waals surface area contributed by atoms with Gasteiger partial charge >= 0.3 is 0 Å². The molecule has 0 amide bonds. The second-order valence-corrected chi connectivity index (χ2v) is 10.5. The third kappa shape index (κ3) is 6.55. The molecule has 1 fully saturated rings. The summed E-state index contributed by atoms with van der Waals surface area (Å²) in [6.45, 7) is 2.12. The fourth-order valence-electron chi connectivity index (χ4n) is 5.36. The van der Waals surface area contributed by atoms with Gasteiger partial charge in [-0.15, -0.1) is 0 Å². The van der Waals surface area contributed by atoms with Crippen LogP contribution >= 0.6 is 0 Å². The Morgan fingerprint density at radius 3 is 2.44 bits per heavy atom. The first-order chi connectivity index (χ1) is 18.7. The largest absolute Gasteiger partial charge is 0.497 e. The highest BCUT2D eigenvalue weighted by molar-refractivity contribution is 5.88. The number of benzene rings is 2.